The van der Waals surface area contributed by atoms with Crippen molar-refractivity contribution in [3.05, 3.63) is 22.4 Å². The first kappa shape index (κ1) is 16.5. The summed E-state index contributed by atoms with van der Waals surface area (Å²) in [5, 5.41) is 5.39. The molecule has 1 aromatic rings. The predicted molar refractivity (Wildman–Crippen MR) is 86.7 cm³/mol. The van der Waals surface area contributed by atoms with E-state index in [-0.39, 0.29) is 11.9 Å². The fourth-order valence-corrected chi connectivity index (χ4v) is 3.38. The lowest BCUT2D eigenvalue weighted by Crippen LogP contribution is -2.37. The number of carbonyl (C=O) groups excluding carboxylic acids is 1. The Bertz CT molecular complexity index is 416. The molecule has 2 heterocycles. The minimum atomic E-state index is 0.174. The van der Waals surface area contributed by atoms with E-state index < -0.39 is 0 Å². The molecule has 1 aromatic heterocycles. The number of rotatable bonds is 7. The molecule has 1 aliphatic rings. The van der Waals surface area contributed by atoms with Crippen molar-refractivity contribution in [2.75, 3.05) is 26.7 Å². The zero-order valence-electron chi connectivity index (χ0n) is 13.0. The summed E-state index contributed by atoms with van der Waals surface area (Å²) in [5.41, 5.74) is 0. The highest BCUT2D eigenvalue weighted by Crippen LogP contribution is 2.14. The zero-order valence-corrected chi connectivity index (χ0v) is 13.8. The van der Waals surface area contributed by atoms with Crippen LogP contribution in [0.1, 0.15) is 31.1 Å². The Morgan fingerprint density at radius 2 is 2.29 bits per heavy atom. The molecular weight excluding hydrogens is 284 g/mol. The lowest BCUT2D eigenvalue weighted by atomic mass is 10.1. The number of amides is 1. The van der Waals surface area contributed by atoms with Crippen LogP contribution in [0.25, 0.3) is 0 Å². The van der Waals surface area contributed by atoms with Crippen LogP contribution in [0, 0.1) is 0 Å². The van der Waals surface area contributed by atoms with Gasteiger partial charge in [-0.2, -0.15) is 0 Å². The van der Waals surface area contributed by atoms with Gasteiger partial charge in [0.1, 0.15) is 0 Å². The van der Waals surface area contributed by atoms with Crippen molar-refractivity contribution in [2.45, 2.75) is 44.8 Å². The van der Waals surface area contributed by atoms with E-state index in [2.05, 4.69) is 29.8 Å². The monoisotopic (exact) mass is 310 g/mol. The highest BCUT2D eigenvalue weighted by atomic mass is 32.1. The van der Waals surface area contributed by atoms with E-state index in [9.17, 15) is 4.79 Å². The van der Waals surface area contributed by atoms with E-state index in [1.807, 2.05) is 11.9 Å². The van der Waals surface area contributed by atoms with Gasteiger partial charge in [0.05, 0.1) is 19.1 Å². The zero-order chi connectivity index (χ0) is 15.1. The molecule has 1 saturated heterocycles. The van der Waals surface area contributed by atoms with Crippen LogP contribution in [0.5, 0.6) is 0 Å². The van der Waals surface area contributed by atoms with Gasteiger partial charge in [0.15, 0.2) is 0 Å². The van der Waals surface area contributed by atoms with Crippen LogP contribution >= 0.6 is 11.3 Å². The summed E-state index contributed by atoms with van der Waals surface area (Å²) in [6, 6.07) is 4.41. The average molecular weight is 310 g/mol. The van der Waals surface area contributed by atoms with Gasteiger partial charge in [-0.3, -0.25) is 4.79 Å². The van der Waals surface area contributed by atoms with E-state index in [1.165, 1.54) is 4.88 Å². The standard InChI is InChI=1S/C16H26N2O2S/c1-13(12-15-4-3-11-21-15)18(2)16(19)7-10-20-14-5-8-17-9-6-14/h3-4,11,13-14,17H,5-10,12H2,1-2H3. The minimum Gasteiger partial charge on any atom is -0.378 e. The summed E-state index contributed by atoms with van der Waals surface area (Å²) < 4.78 is 5.80. The van der Waals surface area contributed by atoms with Crippen LogP contribution in [0.2, 0.25) is 0 Å². The smallest absolute Gasteiger partial charge is 0.224 e. The maximum Gasteiger partial charge on any atom is 0.224 e. The van der Waals surface area contributed by atoms with Gasteiger partial charge in [-0.15, -0.1) is 11.3 Å². The molecule has 2 rings (SSSR count). The topological polar surface area (TPSA) is 41.6 Å². The number of nitrogens with zero attached hydrogens (tertiary/aromatic N) is 1. The molecule has 0 saturated carbocycles. The third-order valence-electron chi connectivity index (χ3n) is 4.09. The summed E-state index contributed by atoms with van der Waals surface area (Å²) >= 11 is 1.75. The second-order valence-electron chi connectivity index (χ2n) is 5.71. The maximum absolute atomic E-state index is 12.2. The van der Waals surface area contributed by atoms with E-state index in [0.717, 1.165) is 32.4 Å². The Morgan fingerprint density at radius 1 is 1.52 bits per heavy atom. The molecule has 1 atom stereocenters. The van der Waals surface area contributed by atoms with Gasteiger partial charge in [-0.25, -0.2) is 0 Å². The summed E-state index contributed by atoms with van der Waals surface area (Å²) in [5.74, 6) is 0.174. The molecule has 1 amide bonds. The van der Waals surface area contributed by atoms with Gasteiger partial charge < -0.3 is 15.0 Å². The highest BCUT2D eigenvalue weighted by Gasteiger charge is 2.18. The van der Waals surface area contributed by atoms with E-state index in [4.69, 9.17) is 4.74 Å². The van der Waals surface area contributed by atoms with Crippen LogP contribution < -0.4 is 5.32 Å². The number of hydrogen-bond donors (Lipinski definition) is 1. The molecule has 0 aliphatic carbocycles. The molecule has 0 spiro atoms. The Balaban J connectivity index is 1.66. The Morgan fingerprint density at radius 3 is 2.95 bits per heavy atom. The lowest BCUT2D eigenvalue weighted by molar-refractivity contribution is -0.133. The quantitative estimate of drug-likeness (QED) is 0.840. The van der Waals surface area contributed by atoms with Crippen LogP contribution in [0.4, 0.5) is 0 Å². The third-order valence-corrected chi connectivity index (χ3v) is 4.99. The van der Waals surface area contributed by atoms with E-state index in [0.29, 0.717) is 19.1 Å². The van der Waals surface area contributed by atoms with E-state index >= 15 is 0 Å². The Hall–Kier alpha value is -0.910. The van der Waals surface area contributed by atoms with Gasteiger partial charge in [0.2, 0.25) is 5.91 Å². The summed E-state index contributed by atoms with van der Waals surface area (Å²) in [7, 11) is 1.89. The molecule has 5 heteroatoms. The van der Waals surface area contributed by atoms with Crippen molar-refractivity contribution in [2.24, 2.45) is 0 Å². The van der Waals surface area contributed by atoms with Crippen molar-refractivity contribution < 1.29 is 9.53 Å². The van der Waals surface area contributed by atoms with Crippen LogP contribution in [0.3, 0.4) is 0 Å². The van der Waals surface area contributed by atoms with Crippen molar-refractivity contribution in [1.29, 1.82) is 0 Å². The number of likely N-dealkylation sites (N-methyl/N-ethyl adjacent to an activating group) is 1. The number of carbonyl (C=O) groups is 1. The number of hydrogen-bond acceptors (Lipinski definition) is 4. The van der Waals surface area contributed by atoms with Crippen molar-refractivity contribution in [3.8, 4) is 0 Å². The first-order valence-corrected chi connectivity index (χ1v) is 8.65. The first-order valence-electron chi connectivity index (χ1n) is 7.77. The molecule has 4 nitrogen and oxygen atoms in total. The summed E-state index contributed by atoms with van der Waals surface area (Å²) in [6.07, 6.45) is 3.84. The number of nitrogens with one attached hydrogen (secondary N) is 1. The molecule has 0 radical (unpaired) electrons. The van der Waals surface area contributed by atoms with Crippen LogP contribution in [-0.4, -0.2) is 49.7 Å². The number of thiophene rings is 1. The largest absolute Gasteiger partial charge is 0.378 e. The van der Waals surface area contributed by atoms with Crippen molar-refractivity contribution >= 4 is 17.2 Å². The van der Waals surface area contributed by atoms with Gasteiger partial charge >= 0.3 is 0 Å². The molecule has 1 unspecified atom stereocenters. The average Bonchev–Trinajstić information content (AvgIpc) is 3.00. The second-order valence-corrected chi connectivity index (χ2v) is 6.74. The molecule has 1 aliphatic heterocycles. The Kier molecular flexibility index (Phi) is 6.67. The molecule has 0 aromatic carbocycles. The second kappa shape index (κ2) is 8.51. The van der Waals surface area contributed by atoms with Crippen LogP contribution in [0.15, 0.2) is 17.5 Å². The summed E-state index contributed by atoms with van der Waals surface area (Å²) in [4.78, 5) is 15.4. The molecule has 118 valence electrons. The minimum absolute atomic E-state index is 0.174. The SMILES string of the molecule is CC(Cc1cccs1)N(C)C(=O)CCOC1CCNCC1. The van der Waals surface area contributed by atoms with E-state index in [1.54, 1.807) is 11.3 Å². The van der Waals surface area contributed by atoms with Crippen molar-refractivity contribution in [1.82, 2.24) is 10.2 Å². The molecule has 1 fully saturated rings. The molecule has 21 heavy (non-hydrogen) atoms. The maximum atomic E-state index is 12.2. The number of ether oxygens (including phenoxy) is 1. The third kappa shape index (κ3) is 5.41. The highest BCUT2D eigenvalue weighted by molar-refractivity contribution is 7.09. The number of piperidine rings is 1. The predicted octanol–water partition coefficient (Wildman–Crippen LogP) is 2.30. The van der Waals surface area contributed by atoms with Gasteiger partial charge in [-0.05, 0) is 44.3 Å². The fraction of sp³-hybridized carbons (Fsp3) is 0.688. The van der Waals surface area contributed by atoms with Gasteiger partial charge in [0, 0.05) is 24.4 Å². The lowest BCUT2D eigenvalue weighted by Gasteiger charge is -2.26. The van der Waals surface area contributed by atoms with Crippen LogP contribution in [-0.2, 0) is 16.0 Å². The normalized spacial score (nSPS) is 17.6. The van der Waals surface area contributed by atoms with Gasteiger partial charge in [0.25, 0.3) is 0 Å². The first-order chi connectivity index (χ1) is 10.2. The molecule has 1 N–H and O–H groups in total. The fourth-order valence-electron chi connectivity index (χ4n) is 2.55. The molecule has 0 bridgehead atoms. The molecular formula is C16H26N2O2S. The van der Waals surface area contributed by atoms with Gasteiger partial charge in [-0.1, -0.05) is 6.07 Å². The van der Waals surface area contributed by atoms with Crippen molar-refractivity contribution in [3.63, 3.8) is 0 Å². The Labute approximate surface area is 131 Å². The summed E-state index contributed by atoms with van der Waals surface area (Å²) in [6.45, 7) is 4.69.